The van der Waals surface area contributed by atoms with Crippen LogP contribution in [0, 0.1) is 0 Å². The van der Waals surface area contributed by atoms with Crippen LogP contribution in [0.25, 0.3) is 0 Å². The summed E-state index contributed by atoms with van der Waals surface area (Å²) < 4.78 is 13.6. The Balaban J connectivity index is 0.000000606. The van der Waals surface area contributed by atoms with E-state index in [9.17, 15) is 103 Å². The molecule has 0 unspecified atom stereocenters. The lowest BCUT2D eigenvalue weighted by Gasteiger charge is -2.22. The molecule has 0 fully saturated rings. The van der Waals surface area contributed by atoms with Gasteiger partial charge in [-0.05, 0) is 145 Å². The van der Waals surface area contributed by atoms with Crippen molar-refractivity contribution in [3.63, 3.8) is 0 Å². The van der Waals surface area contributed by atoms with Gasteiger partial charge in [0, 0.05) is 0 Å². The summed E-state index contributed by atoms with van der Waals surface area (Å²) in [5.41, 5.74) is 0.896. The first kappa shape index (κ1) is 78.5. The predicted octanol–water partition coefficient (Wildman–Crippen LogP) is 12.0. The highest BCUT2D eigenvalue weighted by molar-refractivity contribution is 6.10. The van der Waals surface area contributed by atoms with Gasteiger partial charge >= 0.3 is 71.6 Å². The van der Waals surface area contributed by atoms with Gasteiger partial charge in [-0.1, -0.05) is 101 Å². The highest BCUT2D eigenvalue weighted by Crippen LogP contribution is 2.36. The Hall–Kier alpha value is -9.48. The van der Waals surface area contributed by atoms with Crippen molar-refractivity contribution >= 4 is 71.6 Å². The summed E-state index contributed by atoms with van der Waals surface area (Å²) in [5.74, 6) is -13.8. The van der Waals surface area contributed by atoms with Gasteiger partial charge in [0.05, 0.1) is 88.1 Å². The van der Waals surface area contributed by atoms with E-state index < -0.39 is 77.2 Å². The number of benzene rings is 4. The standard InChI is InChI=1S/C21H30O6.C18H24O6.C15H18O6.C12H12O6/c1-4-7-10-13-14(11-8-5-2)17(20(24)25)18(21(26)27)15(12-9-6-3)16(13)19(22)23;1-4-7-10-11(8-5-2)14(17(21)22)15(18(23)24)12(9-6-3)13(10)16(19)20;1-4-7-8(5-2)11(14(18)19)12(15(20)21)9(6-3)10(7)13(16)17;1-16-10(13)7-4-5-8(11(14)17-2)9(6-7)12(15)18-3/h4-12H2,1-3H3,(H,22,23)(H,24,25)(H,26,27);4-9H2,1-3H3,(H,19,20)(H,21,22)(H,23,24);4-6H2,1-3H3,(H,16,17)(H,18,19)(H,20,21);4-6H,1-3H3. The van der Waals surface area contributed by atoms with Gasteiger partial charge in [-0.25, -0.2) is 57.5 Å². The summed E-state index contributed by atoms with van der Waals surface area (Å²) in [6, 6.07) is 3.90. The van der Waals surface area contributed by atoms with Crippen LogP contribution in [0.1, 0.15) is 294 Å². The van der Waals surface area contributed by atoms with Crippen molar-refractivity contribution < 1.29 is 118 Å². The first-order chi connectivity index (χ1) is 42.5. The Morgan fingerprint density at radius 1 is 0.278 bits per heavy atom. The fourth-order valence-electron chi connectivity index (χ4n) is 10.8. The maximum atomic E-state index is 12.1. The fraction of sp³-hybridized carbons (Fsp3) is 0.455. The number of esters is 3. The summed E-state index contributed by atoms with van der Waals surface area (Å²) in [7, 11) is 3.58. The summed E-state index contributed by atoms with van der Waals surface area (Å²) >= 11 is 0. The quantitative estimate of drug-likeness (QED) is 0.0173. The summed E-state index contributed by atoms with van der Waals surface area (Å²) in [5, 5.41) is 86.5. The third kappa shape index (κ3) is 19.3. The number of aromatic carboxylic acids is 9. The third-order valence-corrected chi connectivity index (χ3v) is 14.5. The molecule has 0 aliphatic heterocycles. The van der Waals surface area contributed by atoms with E-state index in [-0.39, 0.29) is 109 Å². The zero-order valence-electron chi connectivity index (χ0n) is 53.1. The summed E-state index contributed by atoms with van der Waals surface area (Å²) in [6.45, 7) is 16.4. The van der Waals surface area contributed by atoms with Crippen LogP contribution in [0.5, 0.6) is 0 Å². The molecule has 0 radical (unpaired) electrons. The topological polar surface area (TPSA) is 415 Å². The van der Waals surface area contributed by atoms with Crippen molar-refractivity contribution in [1.29, 1.82) is 0 Å². The van der Waals surface area contributed by atoms with Gasteiger partial charge in [0.2, 0.25) is 0 Å². The molecule has 0 heterocycles. The molecule has 9 N–H and O–H groups in total. The van der Waals surface area contributed by atoms with Crippen molar-refractivity contribution in [2.45, 2.75) is 178 Å². The minimum absolute atomic E-state index is 0.00500. The molecule has 0 aliphatic carbocycles. The number of carboxylic acids is 9. The second kappa shape index (κ2) is 38.0. The van der Waals surface area contributed by atoms with Gasteiger partial charge in [0.25, 0.3) is 0 Å². The molecule has 24 heteroatoms. The van der Waals surface area contributed by atoms with Gasteiger partial charge < -0.3 is 60.2 Å². The number of carbonyl (C=O) groups is 12. The Bertz CT molecular complexity index is 3350. The van der Waals surface area contributed by atoms with E-state index in [4.69, 9.17) is 0 Å². The monoisotopic (exact) mass is 1260 g/mol. The summed E-state index contributed by atoms with van der Waals surface area (Å²) in [4.78, 5) is 140. The number of carbonyl (C=O) groups excluding carboxylic acids is 3. The smallest absolute Gasteiger partial charge is 0.338 e. The average Bonchev–Trinajstić information content (AvgIpc) is 0.795. The molecule has 90 heavy (non-hydrogen) atoms. The normalized spacial score (nSPS) is 10.4. The molecule has 0 atom stereocenters. The second-order valence-electron chi connectivity index (χ2n) is 20.3. The van der Waals surface area contributed by atoms with E-state index in [1.165, 1.54) is 39.5 Å². The lowest BCUT2D eigenvalue weighted by Crippen LogP contribution is -2.22. The minimum Gasteiger partial charge on any atom is -0.478 e. The number of ether oxygens (including phenoxy) is 3. The van der Waals surface area contributed by atoms with Crippen LogP contribution in [0.2, 0.25) is 0 Å². The number of methoxy groups -OCH3 is 3. The SMILES string of the molecule is CCCCc1c(CCCC)c(C(=O)O)c(C(=O)O)c(CCCC)c1C(=O)O.CCCc1c(CCC)c(C(=O)O)c(C(=O)O)c(CCC)c1C(=O)O.CCc1c(CC)c(C(=O)O)c(C(=O)O)c(CC)c1C(=O)O.COC(=O)c1ccc(C(=O)OC)c(C(=O)OC)c1. The molecule has 4 rings (SSSR count). The molecule has 492 valence electrons. The zero-order valence-corrected chi connectivity index (χ0v) is 53.1. The first-order valence-corrected chi connectivity index (χ1v) is 29.6. The Morgan fingerprint density at radius 2 is 0.522 bits per heavy atom. The van der Waals surface area contributed by atoms with E-state index in [2.05, 4.69) is 14.2 Å². The molecule has 0 aliphatic rings. The van der Waals surface area contributed by atoms with Crippen molar-refractivity contribution in [3.8, 4) is 0 Å². The lowest BCUT2D eigenvalue weighted by molar-refractivity contribution is 0.0552. The second-order valence-corrected chi connectivity index (χ2v) is 20.3. The number of unbranched alkanes of at least 4 members (excludes halogenated alkanes) is 3. The van der Waals surface area contributed by atoms with Crippen LogP contribution in [0.3, 0.4) is 0 Å². The van der Waals surface area contributed by atoms with Gasteiger partial charge in [0.1, 0.15) is 0 Å². The van der Waals surface area contributed by atoms with Crippen molar-refractivity contribution in [1.82, 2.24) is 0 Å². The minimum atomic E-state index is -1.41. The van der Waals surface area contributed by atoms with Crippen LogP contribution < -0.4 is 0 Å². The van der Waals surface area contributed by atoms with Crippen molar-refractivity contribution in [2.24, 2.45) is 0 Å². The fourth-order valence-corrected chi connectivity index (χ4v) is 10.8. The van der Waals surface area contributed by atoms with Crippen molar-refractivity contribution in [3.05, 3.63) is 135 Å². The average molecular weight is 1260 g/mol. The molecule has 4 aromatic carbocycles. The van der Waals surface area contributed by atoms with Gasteiger partial charge in [-0.15, -0.1) is 0 Å². The highest BCUT2D eigenvalue weighted by Gasteiger charge is 2.35. The number of carboxylic acid groups (broad SMARTS) is 9. The predicted molar refractivity (Wildman–Crippen MR) is 328 cm³/mol. The molecule has 24 nitrogen and oxygen atoms in total. The molecule has 4 aromatic rings. The van der Waals surface area contributed by atoms with E-state index >= 15 is 0 Å². The highest BCUT2D eigenvalue weighted by atomic mass is 16.5. The van der Waals surface area contributed by atoms with Crippen LogP contribution in [-0.2, 0) is 72.0 Å². The summed E-state index contributed by atoms with van der Waals surface area (Å²) in [6.07, 6.45) is 8.89. The van der Waals surface area contributed by atoms with Gasteiger partial charge in [0.15, 0.2) is 0 Å². The molecular weight excluding hydrogens is 1180 g/mol. The molecule has 0 aromatic heterocycles. The largest absolute Gasteiger partial charge is 0.478 e. The van der Waals surface area contributed by atoms with Gasteiger partial charge in [-0.3, -0.25) is 0 Å². The van der Waals surface area contributed by atoms with Crippen molar-refractivity contribution in [2.75, 3.05) is 21.3 Å². The molecule has 0 saturated heterocycles. The van der Waals surface area contributed by atoms with E-state index in [1.807, 2.05) is 34.6 Å². The molecule has 0 bridgehead atoms. The zero-order chi connectivity index (χ0) is 69.0. The number of rotatable bonds is 30. The first-order valence-electron chi connectivity index (χ1n) is 29.6. The maximum absolute atomic E-state index is 12.1. The van der Waals surface area contributed by atoms with Crippen LogP contribution in [0.4, 0.5) is 0 Å². The molecular formula is C66H84O24. The third-order valence-electron chi connectivity index (χ3n) is 14.5. The van der Waals surface area contributed by atoms with Gasteiger partial charge in [-0.2, -0.15) is 0 Å². The molecule has 0 amide bonds. The van der Waals surface area contributed by atoms with E-state index in [0.29, 0.717) is 92.0 Å². The Morgan fingerprint density at radius 3 is 0.844 bits per heavy atom. The Kier molecular flexibility index (Phi) is 33.2. The Labute approximate surface area is 521 Å². The maximum Gasteiger partial charge on any atom is 0.338 e. The lowest BCUT2D eigenvalue weighted by atomic mass is 9.81. The van der Waals surface area contributed by atoms with Crippen LogP contribution >= 0.6 is 0 Å². The van der Waals surface area contributed by atoms with E-state index in [1.54, 1.807) is 27.7 Å². The van der Waals surface area contributed by atoms with Crippen LogP contribution in [-0.4, -0.2) is 139 Å². The molecule has 0 spiro atoms. The number of hydrogen-bond acceptors (Lipinski definition) is 15. The van der Waals surface area contributed by atoms with Crippen LogP contribution in [0.15, 0.2) is 18.2 Å². The molecule has 0 saturated carbocycles. The van der Waals surface area contributed by atoms with E-state index in [0.717, 1.165) is 25.7 Å². The number of hydrogen-bond donors (Lipinski definition) is 9.